The number of aromatic nitrogens is 1. The number of hydrogen-bond acceptors (Lipinski definition) is 1. The second-order valence-corrected chi connectivity index (χ2v) is 5.09. The minimum Gasteiger partial charge on any atom is -0.478 e. The first-order valence-corrected chi connectivity index (χ1v) is 6.58. The van der Waals surface area contributed by atoms with Gasteiger partial charge in [-0.2, -0.15) is 0 Å². The zero-order valence-electron chi connectivity index (χ0n) is 10.6. The van der Waals surface area contributed by atoms with Gasteiger partial charge in [-0.1, -0.05) is 23.7 Å². The van der Waals surface area contributed by atoms with E-state index in [1.807, 2.05) is 42.6 Å². The molecule has 2 aromatic carbocycles. The fourth-order valence-corrected chi connectivity index (χ4v) is 2.52. The fourth-order valence-electron chi connectivity index (χ4n) is 2.30. The van der Waals surface area contributed by atoms with Gasteiger partial charge in [0.1, 0.15) is 0 Å². The van der Waals surface area contributed by atoms with E-state index in [9.17, 15) is 4.79 Å². The van der Waals surface area contributed by atoms with Crippen LogP contribution >= 0.6 is 11.6 Å². The number of nitrogens with zero attached hydrogens (tertiary/aromatic N) is 1. The number of hydrogen-bond donors (Lipinski definition) is 1. The summed E-state index contributed by atoms with van der Waals surface area (Å²) < 4.78 is 2.08. The van der Waals surface area contributed by atoms with Gasteiger partial charge in [0.2, 0.25) is 0 Å². The summed E-state index contributed by atoms with van der Waals surface area (Å²) in [5, 5.41) is 10.6. The SMILES string of the molecule is O=C(O)c1ccc2c(ccn2Cc2cccc(Cl)c2)c1. The number of aromatic carboxylic acids is 1. The highest BCUT2D eigenvalue weighted by Crippen LogP contribution is 2.20. The molecule has 0 aliphatic carbocycles. The van der Waals surface area contributed by atoms with Crippen molar-refractivity contribution >= 4 is 28.5 Å². The van der Waals surface area contributed by atoms with Gasteiger partial charge in [-0.25, -0.2) is 4.79 Å². The molecule has 3 aromatic rings. The van der Waals surface area contributed by atoms with E-state index < -0.39 is 5.97 Å². The molecule has 1 aromatic heterocycles. The Morgan fingerprint density at radius 2 is 2.00 bits per heavy atom. The maximum absolute atomic E-state index is 11.0. The van der Waals surface area contributed by atoms with Crippen molar-refractivity contribution in [3.63, 3.8) is 0 Å². The minimum atomic E-state index is -0.908. The highest BCUT2D eigenvalue weighted by Gasteiger charge is 2.07. The predicted molar refractivity (Wildman–Crippen MR) is 79.5 cm³/mol. The number of rotatable bonds is 3. The molecule has 1 heterocycles. The maximum atomic E-state index is 11.0. The third-order valence-electron chi connectivity index (χ3n) is 3.26. The third kappa shape index (κ3) is 2.40. The van der Waals surface area contributed by atoms with Crippen LogP contribution in [-0.2, 0) is 6.54 Å². The number of carboxylic acids is 1. The van der Waals surface area contributed by atoms with Crippen LogP contribution in [0.25, 0.3) is 10.9 Å². The van der Waals surface area contributed by atoms with Crippen molar-refractivity contribution in [2.75, 3.05) is 0 Å². The van der Waals surface area contributed by atoms with E-state index in [0.717, 1.165) is 16.5 Å². The zero-order valence-corrected chi connectivity index (χ0v) is 11.3. The lowest BCUT2D eigenvalue weighted by atomic mass is 10.1. The Morgan fingerprint density at radius 3 is 2.75 bits per heavy atom. The van der Waals surface area contributed by atoms with Crippen LogP contribution in [0.1, 0.15) is 15.9 Å². The van der Waals surface area contributed by atoms with Crippen molar-refractivity contribution < 1.29 is 9.90 Å². The Labute approximate surface area is 121 Å². The van der Waals surface area contributed by atoms with E-state index in [-0.39, 0.29) is 0 Å². The van der Waals surface area contributed by atoms with Gasteiger partial charge in [0.05, 0.1) is 5.56 Å². The van der Waals surface area contributed by atoms with Crippen LogP contribution in [-0.4, -0.2) is 15.6 Å². The molecule has 0 radical (unpaired) electrons. The van der Waals surface area contributed by atoms with Crippen LogP contribution < -0.4 is 0 Å². The van der Waals surface area contributed by atoms with E-state index in [1.165, 1.54) is 0 Å². The zero-order chi connectivity index (χ0) is 14.1. The third-order valence-corrected chi connectivity index (χ3v) is 3.49. The smallest absolute Gasteiger partial charge is 0.335 e. The first-order valence-electron chi connectivity index (χ1n) is 6.20. The molecule has 0 aliphatic heterocycles. The maximum Gasteiger partial charge on any atom is 0.335 e. The molecule has 0 fully saturated rings. The van der Waals surface area contributed by atoms with Crippen LogP contribution in [0.2, 0.25) is 5.02 Å². The van der Waals surface area contributed by atoms with Crippen molar-refractivity contribution in [3.8, 4) is 0 Å². The van der Waals surface area contributed by atoms with Gasteiger partial charge >= 0.3 is 5.97 Å². The molecule has 3 rings (SSSR count). The van der Waals surface area contributed by atoms with E-state index in [4.69, 9.17) is 16.7 Å². The molecular weight excluding hydrogens is 274 g/mol. The lowest BCUT2D eigenvalue weighted by Crippen LogP contribution is -1.99. The number of fused-ring (bicyclic) bond motifs is 1. The summed E-state index contributed by atoms with van der Waals surface area (Å²) >= 11 is 5.98. The largest absolute Gasteiger partial charge is 0.478 e. The van der Waals surface area contributed by atoms with E-state index >= 15 is 0 Å². The molecular formula is C16H12ClNO2. The molecule has 3 nitrogen and oxygen atoms in total. The van der Waals surface area contributed by atoms with Crippen LogP contribution in [0.4, 0.5) is 0 Å². The standard InChI is InChI=1S/C16H12ClNO2/c17-14-3-1-2-11(8-14)10-18-7-6-12-9-13(16(19)20)4-5-15(12)18/h1-9H,10H2,(H,19,20). The topological polar surface area (TPSA) is 42.2 Å². The van der Waals surface area contributed by atoms with Crippen molar-refractivity contribution in [1.82, 2.24) is 4.57 Å². The molecule has 20 heavy (non-hydrogen) atoms. The Morgan fingerprint density at radius 1 is 1.15 bits per heavy atom. The normalized spacial score (nSPS) is 10.8. The molecule has 0 atom stereocenters. The van der Waals surface area contributed by atoms with Crippen molar-refractivity contribution in [3.05, 3.63) is 70.9 Å². The van der Waals surface area contributed by atoms with E-state index in [0.29, 0.717) is 17.1 Å². The second-order valence-electron chi connectivity index (χ2n) is 4.65. The molecule has 0 saturated carbocycles. The average Bonchev–Trinajstić information content (AvgIpc) is 2.81. The first-order chi connectivity index (χ1) is 9.63. The Hall–Kier alpha value is -2.26. The Bertz CT molecular complexity index is 792. The van der Waals surface area contributed by atoms with Crippen LogP contribution in [0.3, 0.4) is 0 Å². The lowest BCUT2D eigenvalue weighted by Gasteiger charge is -2.06. The van der Waals surface area contributed by atoms with Crippen LogP contribution in [0, 0.1) is 0 Å². The van der Waals surface area contributed by atoms with Crippen molar-refractivity contribution in [2.24, 2.45) is 0 Å². The molecule has 1 N–H and O–H groups in total. The van der Waals surface area contributed by atoms with Gasteiger partial charge in [-0.15, -0.1) is 0 Å². The number of halogens is 1. The highest BCUT2D eigenvalue weighted by molar-refractivity contribution is 6.30. The summed E-state index contributed by atoms with van der Waals surface area (Å²) in [7, 11) is 0. The summed E-state index contributed by atoms with van der Waals surface area (Å²) in [5.74, 6) is -0.908. The average molecular weight is 286 g/mol. The molecule has 100 valence electrons. The monoisotopic (exact) mass is 285 g/mol. The van der Waals surface area contributed by atoms with Crippen LogP contribution in [0.15, 0.2) is 54.7 Å². The lowest BCUT2D eigenvalue weighted by molar-refractivity contribution is 0.0697. The van der Waals surface area contributed by atoms with Gasteiger partial charge in [-0.3, -0.25) is 0 Å². The molecule has 0 saturated heterocycles. The van der Waals surface area contributed by atoms with E-state index in [2.05, 4.69) is 4.57 Å². The summed E-state index contributed by atoms with van der Waals surface area (Å²) in [6.07, 6.45) is 1.96. The Kier molecular flexibility index (Phi) is 3.20. The van der Waals surface area contributed by atoms with Crippen LogP contribution in [0.5, 0.6) is 0 Å². The summed E-state index contributed by atoms with van der Waals surface area (Å²) in [6.45, 7) is 0.705. The molecule has 0 spiro atoms. The number of benzene rings is 2. The quantitative estimate of drug-likeness (QED) is 0.789. The van der Waals surface area contributed by atoms with Gasteiger partial charge in [0.25, 0.3) is 0 Å². The Balaban J connectivity index is 1.98. The number of carboxylic acid groups (broad SMARTS) is 1. The van der Waals surface area contributed by atoms with Gasteiger partial charge in [0, 0.05) is 28.7 Å². The fraction of sp³-hybridized carbons (Fsp3) is 0.0625. The van der Waals surface area contributed by atoms with Gasteiger partial charge in [0.15, 0.2) is 0 Å². The molecule has 0 bridgehead atoms. The van der Waals surface area contributed by atoms with Gasteiger partial charge < -0.3 is 9.67 Å². The molecule has 4 heteroatoms. The minimum absolute atomic E-state index is 0.304. The number of carbonyl (C=O) groups is 1. The van der Waals surface area contributed by atoms with Crippen molar-refractivity contribution in [1.29, 1.82) is 0 Å². The second kappa shape index (κ2) is 5.02. The summed E-state index contributed by atoms with van der Waals surface area (Å²) in [6, 6.07) is 14.8. The highest BCUT2D eigenvalue weighted by atomic mass is 35.5. The molecule has 0 aliphatic rings. The molecule has 0 amide bonds. The first kappa shape index (κ1) is 12.8. The predicted octanol–water partition coefficient (Wildman–Crippen LogP) is 4.04. The van der Waals surface area contributed by atoms with Crippen molar-refractivity contribution in [2.45, 2.75) is 6.54 Å². The van der Waals surface area contributed by atoms with E-state index in [1.54, 1.807) is 12.1 Å². The molecule has 0 unspecified atom stereocenters. The summed E-state index contributed by atoms with van der Waals surface area (Å²) in [5.41, 5.74) is 2.42. The summed E-state index contributed by atoms with van der Waals surface area (Å²) in [4.78, 5) is 11.0. The van der Waals surface area contributed by atoms with Gasteiger partial charge in [-0.05, 0) is 42.0 Å².